The molecule has 5 heteroatoms. The van der Waals surface area contributed by atoms with Crippen molar-refractivity contribution in [2.75, 3.05) is 6.26 Å². The van der Waals surface area contributed by atoms with Crippen LogP contribution in [-0.4, -0.2) is 24.2 Å². The van der Waals surface area contributed by atoms with Gasteiger partial charge in [0.2, 0.25) is 0 Å². The molecule has 108 valence electrons. The minimum absolute atomic E-state index is 0.309. The van der Waals surface area contributed by atoms with Crippen LogP contribution in [0.5, 0.6) is 0 Å². The van der Waals surface area contributed by atoms with Crippen LogP contribution >= 0.6 is 0 Å². The maximum Gasteiger partial charge on any atom is 0.175 e. The summed E-state index contributed by atoms with van der Waals surface area (Å²) in [6.07, 6.45) is 1.21. The summed E-state index contributed by atoms with van der Waals surface area (Å²) in [5.41, 5.74) is 3.89. The van der Waals surface area contributed by atoms with Gasteiger partial charge in [0.05, 0.1) is 15.9 Å². The van der Waals surface area contributed by atoms with Gasteiger partial charge >= 0.3 is 0 Å². The molecule has 3 rings (SSSR count). The van der Waals surface area contributed by atoms with Crippen LogP contribution in [0, 0.1) is 6.92 Å². The summed E-state index contributed by atoms with van der Waals surface area (Å²) in [6, 6.07) is 13.0. The SMILES string of the molecule is Cc1ccc2c(c1)nc(-c1cccc(S(C)(=O)=O)c1)n2C. The zero-order chi connectivity index (χ0) is 15.2. The zero-order valence-electron chi connectivity index (χ0n) is 12.2. The van der Waals surface area contributed by atoms with Crippen molar-refractivity contribution in [1.82, 2.24) is 9.55 Å². The fourth-order valence-corrected chi connectivity index (χ4v) is 3.10. The Hall–Kier alpha value is -2.14. The van der Waals surface area contributed by atoms with Crippen molar-refractivity contribution in [2.45, 2.75) is 11.8 Å². The van der Waals surface area contributed by atoms with Gasteiger partial charge in [0, 0.05) is 18.9 Å². The second kappa shape index (κ2) is 4.70. The standard InChI is InChI=1S/C16H16N2O2S/c1-11-7-8-15-14(9-11)17-16(18(15)2)12-5-4-6-13(10-12)21(3,19)20/h4-10H,1-3H3. The van der Waals surface area contributed by atoms with Gasteiger partial charge in [-0.1, -0.05) is 18.2 Å². The highest BCUT2D eigenvalue weighted by atomic mass is 32.2. The first-order chi connectivity index (χ1) is 9.86. The number of sulfone groups is 1. The van der Waals surface area contributed by atoms with Crippen LogP contribution in [0.4, 0.5) is 0 Å². The maximum atomic E-state index is 11.7. The molecule has 1 aromatic heterocycles. The van der Waals surface area contributed by atoms with Gasteiger partial charge in [0.25, 0.3) is 0 Å². The van der Waals surface area contributed by atoms with Gasteiger partial charge in [-0.15, -0.1) is 0 Å². The number of aromatic nitrogens is 2. The topological polar surface area (TPSA) is 52.0 Å². The van der Waals surface area contributed by atoms with Crippen molar-refractivity contribution in [3.05, 3.63) is 48.0 Å². The molecule has 0 saturated heterocycles. The minimum Gasteiger partial charge on any atom is -0.327 e. The van der Waals surface area contributed by atoms with E-state index in [4.69, 9.17) is 0 Å². The van der Waals surface area contributed by atoms with Gasteiger partial charge in [0.15, 0.2) is 9.84 Å². The number of hydrogen-bond donors (Lipinski definition) is 0. The fraction of sp³-hybridized carbons (Fsp3) is 0.188. The Balaban J connectivity index is 2.23. The maximum absolute atomic E-state index is 11.7. The van der Waals surface area contributed by atoms with E-state index in [2.05, 4.69) is 4.98 Å². The number of benzene rings is 2. The highest BCUT2D eigenvalue weighted by Crippen LogP contribution is 2.26. The van der Waals surface area contributed by atoms with Crippen molar-refractivity contribution in [1.29, 1.82) is 0 Å². The van der Waals surface area contributed by atoms with Crippen molar-refractivity contribution in [3.63, 3.8) is 0 Å². The smallest absolute Gasteiger partial charge is 0.175 e. The molecule has 0 bridgehead atoms. The fourth-order valence-electron chi connectivity index (χ4n) is 2.43. The normalized spacial score (nSPS) is 12.0. The third-order valence-corrected chi connectivity index (χ3v) is 4.67. The molecule has 0 aliphatic heterocycles. The van der Waals surface area contributed by atoms with Crippen molar-refractivity contribution in [2.24, 2.45) is 7.05 Å². The van der Waals surface area contributed by atoms with Gasteiger partial charge in [-0.25, -0.2) is 13.4 Å². The Labute approximate surface area is 124 Å². The first-order valence-electron chi connectivity index (χ1n) is 6.60. The molecule has 0 radical (unpaired) electrons. The quantitative estimate of drug-likeness (QED) is 0.731. The number of hydrogen-bond acceptors (Lipinski definition) is 3. The molecule has 0 saturated carbocycles. The van der Waals surface area contributed by atoms with E-state index in [-0.39, 0.29) is 0 Å². The molecule has 0 amide bonds. The molecule has 0 atom stereocenters. The van der Waals surface area contributed by atoms with Crippen LogP contribution in [0.15, 0.2) is 47.4 Å². The number of aryl methyl sites for hydroxylation is 2. The van der Waals surface area contributed by atoms with E-state index >= 15 is 0 Å². The molecular formula is C16H16N2O2S. The Kier molecular flexibility index (Phi) is 3.10. The molecule has 0 aliphatic rings. The third kappa shape index (κ3) is 2.45. The Morgan fingerprint density at radius 3 is 2.57 bits per heavy atom. The molecule has 4 nitrogen and oxygen atoms in total. The lowest BCUT2D eigenvalue weighted by Gasteiger charge is -2.04. The summed E-state index contributed by atoms with van der Waals surface area (Å²) in [5.74, 6) is 0.765. The van der Waals surface area contributed by atoms with E-state index in [0.29, 0.717) is 4.90 Å². The number of nitrogens with zero attached hydrogens (tertiary/aromatic N) is 2. The summed E-state index contributed by atoms with van der Waals surface area (Å²) in [4.78, 5) is 4.94. The lowest BCUT2D eigenvalue weighted by molar-refractivity contribution is 0.602. The third-order valence-electron chi connectivity index (χ3n) is 3.56. The molecule has 0 fully saturated rings. The molecule has 2 aromatic carbocycles. The minimum atomic E-state index is -3.22. The summed E-state index contributed by atoms with van der Waals surface area (Å²) >= 11 is 0. The summed E-state index contributed by atoms with van der Waals surface area (Å²) < 4.78 is 25.4. The predicted molar refractivity (Wildman–Crippen MR) is 84.0 cm³/mol. The highest BCUT2D eigenvalue weighted by molar-refractivity contribution is 7.90. The first kappa shape index (κ1) is 13.8. The van der Waals surface area contributed by atoms with E-state index in [1.807, 2.05) is 42.8 Å². The molecular weight excluding hydrogens is 284 g/mol. The Bertz CT molecular complexity index is 940. The Morgan fingerprint density at radius 1 is 1.10 bits per heavy atom. The van der Waals surface area contributed by atoms with E-state index in [9.17, 15) is 8.42 Å². The molecule has 3 aromatic rings. The predicted octanol–water partition coefficient (Wildman–Crippen LogP) is 2.95. The highest BCUT2D eigenvalue weighted by Gasteiger charge is 2.13. The number of rotatable bonds is 2. The molecule has 0 spiro atoms. The van der Waals surface area contributed by atoms with E-state index < -0.39 is 9.84 Å². The average molecular weight is 300 g/mol. The number of fused-ring (bicyclic) bond motifs is 1. The summed E-state index contributed by atoms with van der Waals surface area (Å²) in [6.45, 7) is 2.03. The molecule has 1 heterocycles. The lowest BCUT2D eigenvalue weighted by atomic mass is 10.2. The number of imidazole rings is 1. The molecule has 0 unspecified atom stereocenters. The second-order valence-electron chi connectivity index (χ2n) is 5.29. The van der Waals surface area contributed by atoms with Crippen LogP contribution in [-0.2, 0) is 16.9 Å². The van der Waals surface area contributed by atoms with Crippen molar-refractivity contribution < 1.29 is 8.42 Å². The van der Waals surface area contributed by atoms with Crippen LogP contribution in [0.25, 0.3) is 22.4 Å². The van der Waals surface area contributed by atoms with Crippen molar-refractivity contribution >= 4 is 20.9 Å². The molecule has 21 heavy (non-hydrogen) atoms. The average Bonchev–Trinajstić information content (AvgIpc) is 2.74. The molecule has 0 N–H and O–H groups in total. The van der Waals surface area contributed by atoms with Crippen LogP contribution in [0.2, 0.25) is 0 Å². The van der Waals surface area contributed by atoms with Gasteiger partial charge in [-0.2, -0.15) is 0 Å². The lowest BCUT2D eigenvalue weighted by Crippen LogP contribution is -1.98. The van der Waals surface area contributed by atoms with Crippen LogP contribution < -0.4 is 0 Å². The van der Waals surface area contributed by atoms with Gasteiger partial charge in [0.1, 0.15) is 5.82 Å². The van der Waals surface area contributed by atoms with Crippen LogP contribution in [0.1, 0.15) is 5.56 Å². The first-order valence-corrected chi connectivity index (χ1v) is 8.49. The molecule has 0 aliphatic carbocycles. The largest absolute Gasteiger partial charge is 0.327 e. The summed E-state index contributed by atoms with van der Waals surface area (Å²) in [7, 11) is -1.28. The Morgan fingerprint density at radius 2 is 1.86 bits per heavy atom. The zero-order valence-corrected chi connectivity index (χ0v) is 13.0. The van der Waals surface area contributed by atoms with Crippen LogP contribution in [0.3, 0.4) is 0 Å². The van der Waals surface area contributed by atoms with E-state index in [1.165, 1.54) is 6.26 Å². The second-order valence-corrected chi connectivity index (χ2v) is 7.30. The van der Waals surface area contributed by atoms with Gasteiger partial charge in [-0.3, -0.25) is 0 Å². The van der Waals surface area contributed by atoms with E-state index in [0.717, 1.165) is 28.0 Å². The van der Waals surface area contributed by atoms with Gasteiger partial charge < -0.3 is 4.57 Å². The monoisotopic (exact) mass is 300 g/mol. The van der Waals surface area contributed by atoms with Crippen molar-refractivity contribution in [3.8, 4) is 11.4 Å². The summed E-state index contributed by atoms with van der Waals surface area (Å²) in [5, 5.41) is 0. The van der Waals surface area contributed by atoms with Gasteiger partial charge in [-0.05, 0) is 36.8 Å². The van der Waals surface area contributed by atoms with E-state index in [1.54, 1.807) is 18.2 Å².